The predicted molar refractivity (Wildman–Crippen MR) is 144 cm³/mol. The number of hydrogen-bond acceptors (Lipinski definition) is 2. The molecule has 1 atom stereocenters. The van der Waals surface area contributed by atoms with Gasteiger partial charge in [-0.2, -0.15) is 0 Å². The van der Waals surface area contributed by atoms with Crippen LogP contribution in [0.15, 0.2) is 48.5 Å². The van der Waals surface area contributed by atoms with Gasteiger partial charge in [0.05, 0.1) is 5.54 Å². The molecule has 1 fully saturated rings. The van der Waals surface area contributed by atoms with Gasteiger partial charge in [-0.05, 0) is 86.9 Å². The third-order valence-electron chi connectivity index (χ3n) is 8.44. The van der Waals surface area contributed by atoms with E-state index in [1.165, 1.54) is 22.2 Å². The Morgan fingerprint density at radius 3 is 2.42 bits per heavy atom. The molecule has 1 unspecified atom stereocenters. The van der Waals surface area contributed by atoms with Crippen molar-refractivity contribution in [2.24, 2.45) is 11.3 Å². The third kappa shape index (κ3) is 4.47. The topological polar surface area (TPSA) is 39.3 Å². The SMILES string of the molecule is CN(C)C(c1ccc(F)cc1)C1CCC2(CC1)c1[nH]c3ccccc3c1CCN2C(=O)CC(C)(C)C. The average Bonchev–Trinajstić information content (AvgIpc) is 3.21. The molecule has 1 aromatic heterocycles. The number of nitrogens with one attached hydrogen (secondary N) is 1. The fourth-order valence-electron chi connectivity index (χ4n) is 6.95. The molecular weight excluding hydrogens is 449 g/mol. The molecule has 5 heteroatoms. The quantitative estimate of drug-likeness (QED) is 0.437. The van der Waals surface area contributed by atoms with E-state index in [0.29, 0.717) is 12.3 Å². The number of amides is 1. The summed E-state index contributed by atoms with van der Waals surface area (Å²) in [6.45, 7) is 7.23. The zero-order chi connectivity index (χ0) is 25.7. The fraction of sp³-hybridized carbons (Fsp3) is 0.516. The van der Waals surface area contributed by atoms with Crippen molar-refractivity contribution in [3.63, 3.8) is 0 Å². The number of halogens is 1. The minimum absolute atomic E-state index is 0.0468. The molecule has 1 aliphatic heterocycles. The van der Waals surface area contributed by atoms with Crippen LogP contribution in [0.5, 0.6) is 0 Å². The van der Waals surface area contributed by atoms with Crippen LogP contribution in [-0.4, -0.2) is 41.3 Å². The van der Waals surface area contributed by atoms with E-state index < -0.39 is 0 Å². The van der Waals surface area contributed by atoms with Crippen LogP contribution in [-0.2, 0) is 16.8 Å². The molecule has 3 aromatic rings. The number of H-pyrrole nitrogens is 1. The summed E-state index contributed by atoms with van der Waals surface area (Å²) in [6.07, 6.45) is 5.39. The minimum atomic E-state index is -0.287. The monoisotopic (exact) mass is 489 g/mol. The summed E-state index contributed by atoms with van der Waals surface area (Å²) in [5.74, 6) is 0.527. The predicted octanol–water partition coefficient (Wildman–Crippen LogP) is 6.82. The Morgan fingerprint density at radius 2 is 1.78 bits per heavy atom. The van der Waals surface area contributed by atoms with Crippen molar-refractivity contribution in [1.29, 1.82) is 0 Å². The Bertz CT molecular complexity index is 1230. The molecule has 1 amide bonds. The highest BCUT2D eigenvalue weighted by molar-refractivity contribution is 5.87. The van der Waals surface area contributed by atoms with Crippen molar-refractivity contribution < 1.29 is 9.18 Å². The van der Waals surface area contributed by atoms with E-state index in [0.717, 1.165) is 44.2 Å². The summed E-state index contributed by atoms with van der Waals surface area (Å²) in [5.41, 5.74) is 4.66. The fourth-order valence-corrected chi connectivity index (χ4v) is 6.95. The number of carbonyl (C=O) groups excluding carboxylic acids is 1. The number of rotatable bonds is 4. The molecule has 4 nitrogen and oxygen atoms in total. The van der Waals surface area contributed by atoms with Gasteiger partial charge in [0.15, 0.2) is 0 Å². The average molecular weight is 490 g/mol. The Balaban J connectivity index is 1.51. The number of aromatic nitrogens is 1. The summed E-state index contributed by atoms with van der Waals surface area (Å²) < 4.78 is 13.6. The lowest BCUT2D eigenvalue weighted by Gasteiger charge is -2.52. The van der Waals surface area contributed by atoms with Gasteiger partial charge in [0, 0.05) is 35.6 Å². The van der Waals surface area contributed by atoms with Crippen LogP contribution in [0.25, 0.3) is 10.9 Å². The zero-order valence-electron chi connectivity index (χ0n) is 22.4. The zero-order valence-corrected chi connectivity index (χ0v) is 22.4. The Morgan fingerprint density at radius 1 is 1.11 bits per heavy atom. The van der Waals surface area contributed by atoms with Crippen molar-refractivity contribution in [3.8, 4) is 0 Å². The Hall–Kier alpha value is -2.66. The lowest BCUT2D eigenvalue weighted by atomic mass is 9.68. The maximum Gasteiger partial charge on any atom is 0.223 e. The summed E-state index contributed by atoms with van der Waals surface area (Å²) >= 11 is 0. The van der Waals surface area contributed by atoms with Gasteiger partial charge in [0.25, 0.3) is 0 Å². The lowest BCUT2D eigenvalue weighted by molar-refractivity contribution is -0.144. The van der Waals surface area contributed by atoms with Crippen LogP contribution in [0.3, 0.4) is 0 Å². The summed E-state index contributed by atoms with van der Waals surface area (Å²) in [7, 11) is 4.24. The van der Waals surface area contributed by atoms with Gasteiger partial charge >= 0.3 is 0 Å². The van der Waals surface area contributed by atoms with E-state index >= 15 is 0 Å². The summed E-state index contributed by atoms with van der Waals surface area (Å²) in [5, 5.41) is 1.30. The summed E-state index contributed by atoms with van der Waals surface area (Å²) in [6, 6.07) is 15.8. The molecular formula is C31H40FN3O. The van der Waals surface area contributed by atoms with E-state index in [1.807, 2.05) is 12.1 Å². The third-order valence-corrected chi connectivity index (χ3v) is 8.44. The van der Waals surface area contributed by atoms with Crippen LogP contribution < -0.4 is 0 Å². The molecule has 1 aliphatic carbocycles. The molecule has 0 radical (unpaired) electrons. The Labute approximate surface area is 214 Å². The van der Waals surface area contributed by atoms with Crippen LogP contribution in [0.4, 0.5) is 4.39 Å². The molecule has 2 aromatic carbocycles. The van der Waals surface area contributed by atoms with E-state index in [9.17, 15) is 9.18 Å². The molecule has 2 heterocycles. The van der Waals surface area contributed by atoms with Crippen LogP contribution >= 0.6 is 0 Å². The molecule has 2 aliphatic rings. The number of para-hydroxylation sites is 1. The second-order valence-corrected chi connectivity index (χ2v) is 12.4. The highest BCUT2D eigenvalue weighted by Gasteiger charge is 2.49. The molecule has 0 bridgehead atoms. The Kier molecular flexibility index (Phi) is 6.48. The number of nitrogens with zero attached hydrogens (tertiary/aromatic N) is 2. The van der Waals surface area contributed by atoms with Crippen LogP contribution in [0, 0.1) is 17.2 Å². The van der Waals surface area contributed by atoms with Crippen LogP contribution in [0.1, 0.15) is 75.7 Å². The van der Waals surface area contributed by atoms with E-state index in [-0.39, 0.29) is 28.7 Å². The molecule has 1 saturated carbocycles. The van der Waals surface area contributed by atoms with E-state index in [4.69, 9.17) is 0 Å². The van der Waals surface area contributed by atoms with Gasteiger partial charge < -0.3 is 14.8 Å². The molecule has 5 rings (SSSR count). The molecule has 0 saturated heterocycles. The van der Waals surface area contributed by atoms with Gasteiger partial charge in [-0.15, -0.1) is 0 Å². The van der Waals surface area contributed by atoms with Crippen LogP contribution in [0.2, 0.25) is 0 Å². The molecule has 1 spiro atoms. The highest BCUT2D eigenvalue weighted by Crippen LogP contribution is 2.51. The summed E-state index contributed by atoms with van der Waals surface area (Å²) in [4.78, 5) is 22.0. The first-order chi connectivity index (χ1) is 17.1. The maximum absolute atomic E-state index is 13.8. The van der Waals surface area contributed by atoms with Crippen molar-refractivity contribution in [3.05, 3.63) is 71.2 Å². The first kappa shape index (κ1) is 25.0. The normalized spacial score (nSPS) is 23.3. The van der Waals surface area contributed by atoms with Gasteiger partial charge in [0.2, 0.25) is 5.91 Å². The van der Waals surface area contributed by atoms with Crippen molar-refractivity contribution in [2.75, 3.05) is 20.6 Å². The van der Waals surface area contributed by atoms with Gasteiger partial charge in [0.1, 0.15) is 5.82 Å². The van der Waals surface area contributed by atoms with Gasteiger partial charge in [-0.3, -0.25) is 4.79 Å². The first-order valence-corrected chi connectivity index (χ1v) is 13.4. The number of aromatic amines is 1. The highest BCUT2D eigenvalue weighted by atomic mass is 19.1. The van der Waals surface area contributed by atoms with Crippen molar-refractivity contribution in [2.45, 2.75) is 70.9 Å². The van der Waals surface area contributed by atoms with Crippen molar-refractivity contribution >= 4 is 16.8 Å². The number of fused-ring (bicyclic) bond motifs is 4. The number of benzene rings is 2. The van der Waals surface area contributed by atoms with Gasteiger partial charge in [-0.1, -0.05) is 51.1 Å². The number of carbonyl (C=O) groups is 1. The van der Waals surface area contributed by atoms with Gasteiger partial charge in [-0.25, -0.2) is 4.39 Å². The van der Waals surface area contributed by atoms with E-state index in [1.54, 1.807) is 12.1 Å². The molecule has 192 valence electrons. The largest absolute Gasteiger partial charge is 0.356 e. The minimum Gasteiger partial charge on any atom is -0.356 e. The lowest BCUT2D eigenvalue weighted by Crippen LogP contribution is -2.56. The first-order valence-electron chi connectivity index (χ1n) is 13.4. The number of hydrogen-bond donors (Lipinski definition) is 1. The maximum atomic E-state index is 13.8. The molecule has 1 N–H and O–H groups in total. The second kappa shape index (κ2) is 9.33. The van der Waals surface area contributed by atoms with Crippen molar-refractivity contribution in [1.82, 2.24) is 14.8 Å². The standard InChI is InChI=1S/C31H40FN3O/c1-30(2,3)20-27(36)35-19-16-25-24-8-6-7-9-26(24)33-29(25)31(35)17-14-22(15-18-31)28(34(4)5)21-10-12-23(32)13-11-21/h6-13,22,28,33H,14-20H2,1-5H3. The second-order valence-electron chi connectivity index (χ2n) is 12.4. The molecule has 36 heavy (non-hydrogen) atoms. The smallest absolute Gasteiger partial charge is 0.223 e. The van der Waals surface area contributed by atoms with E-state index in [2.05, 4.69) is 73.9 Å².